The lowest BCUT2D eigenvalue weighted by Crippen LogP contribution is -2.15. The molecule has 0 unspecified atom stereocenters. The van der Waals surface area contributed by atoms with Gasteiger partial charge in [0.25, 0.3) is 0 Å². The molecule has 0 radical (unpaired) electrons. The van der Waals surface area contributed by atoms with E-state index in [1.807, 2.05) is 0 Å². The van der Waals surface area contributed by atoms with Gasteiger partial charge in [0.1, 0.15) is 18.2 Å². The molecule has 8 heteroatoms. The van der Waals surface area contributed by atoms with Gasteiger partial charge in [-0.3, -0.25) is 15.5 Å². The fourth-order valence-electron chi connectivity index (χ4n) is 1.46. The highest BCUT2D eigenvalue weighted by Gasteiger charge is 2.13. The molecule has 2 rings (SSSR count). The van der Waals surface area contributed by atoms with E-state index in [-0.39, 0.29) is 11.5 Å². The SMILES string of the molecule is N=C(N)c1cc(Cl)ccc1-n1cc([N+](=O)[O-])cn1. The van der Waals surface area contributed by atoms with Gasteiger partial charge < -0.3 is 5.73 Å². The first-order valence-corrected chi connectivity index (χ1v) is 5.20. The Morgan fingerprint density at radius 1 is 1.56 bits per heavy atom. The number of aromatic nitrogens is 2. The third-order valence-corrected chi connectivity index (χ3v) is 2.51. The van der Waals surface area contributed by atoms with Crippen molar-refractivity contribution in [3.05, 3.63) is 51.3 Å². The quantitative estimate of drug-likeness (QED) is 0.381. The van der Waals surface area contributed by atoms with Crippen molar-refractivity contribution in [3.63, 3.8) is 0 Å². The predicted octanol–water partition coefficient (Wildman–Crippen LogP) is 1.72. The number of nitrogens with zero attached hydrogens (tertiary/aromatic N) is 3. The van der Waals surface area contributed by atoms with Crippen molar-refractivity contribution in [1.82, 2.24) is 9.78 Å². The lowest BCUT2D eigenvalue weighted by molar-refractivity contribution is -0.384. The van der Waals surface area contributed by atoms with Crippen LogP contribution < -0.4 is 5.73 Å². The molecular weight excluding hydrogens is 258 g/mol. The molecule has 0 spiro atoms. The number of nitro groups is 1. The van der Waals surface area contributed by atoms with Crippen LogP contribution in [-0.4, -0.2) is 20.5 Å². The summed E-state index contributed by atoms with van der Waals surface area (Å²) < 4.78 is 1.28. The van der Waals surface area contributed by atoms with E-state index in [9.17, 15) is 10.1 Å². The fourth-order valence-corrected chi connectivity index (χ4v) is 1.64. The van der Waals surface area contributed by atoms with Gasteiger partial charge >= 0.3 is 5.69 Å². The first-order chi connectivity index (χ1) is 8.49. The van der Waals surface area contributed by atoms with Crippen molar-refractivity contribution in [2.45, 2.75) is 0 Å². The Hall–Kier alpha value is -2.41. The van der Waals surface area contributed by atoms with Crippen LogP contribution in [-0.2, 0) is 0 Å². The minimum Gasteiger partial charge on any atom is -0.384 e. The highest BCUT2D eigenvalue weighted by atomic mass is 35.5. The van der Waals surface area contributed by atoms with E-state index in [1.54, 1.807) is 12.1 Å². The van der Waals surface area contributed by atoms with Crippen molar-refractivity contribution < 1.29 is 4.92 Å². The minimum atomic E-state index is -0.549. The third kappa shape index (κ3) is 2.16. The number of amidine groups is 1. The van der Waals surface area contributed by atoms with Gasteiger partial charge in [-0.05, 0) is 18.2 Å². The fraction of sp³-hybridized carbons (Fsp3) is 0. The number of nitrogens with one attached hydrogen (secondary N) is 1. The van der Waals surface area contributed by atoms with Crippen LogP contribution in [0.15, 0.2) is 30.6 Å². The van der Waals surface area contributed by atoms with E-state index in [0.29, 0.717) is 16.3 Å². The van der Waals surface area contributed by atoms with Crippen molar-refractivity contribution in [3.8, 4) is 5.69 Å². The topological polar surface area (TPSA) is 111 Å². The number of rotatable bonds is 3. The summed E-state index contributed by atoms with van der Waals surface area (Å²) in [5.74, 6) is -0.189. The van der Waals surface area contributed by atoms with Crippen molar-refractivity contribution in [1.29, 1.82) is 5.41 Å². The average Bonchev–Trinajstić information content (AvgIpc) is 2.78. The molecule has 92 valence electrons. The second-order valence-corrected chi connectivity index (χ2v) is 3.91. The van der Waals surface area contributed by atoms with Gasteiger partial charge in [-0.1, -0.05) is 11.6 Å². The Kier molecular flexibility index (Phi) is 2.99. The van der Waals surface area contributed by atoms with E-state index < -0.39 is 4.92 Å². The number of halogens is 1. The van der Waals surface area contributed by atoms with Gasteiger partial charge in [-0.25, -0.2) is 4.68 Å². The van der Waals surface area contributed by atoms with Crippen LogP contribution in [0.5, 0.6) is 0 Å². The smallest absolute Gasteiger partial charge is 0.307 e. The Labute approximate surface area is 106 Å². The van der Waals surface area contributed by atoms with Crippen LogP contribution in [0.1, 0.15) is 5.56 Å². The van der Waals surface area contributed by atoms with Crippen molar-refractivity contribution in [2.24, 2.45) is 5.73 Å². The summed E-state index contributed by atoms with van der Waals surface area (Å²) >= 11 is 5.81. The largest absolute Gasteiger partial charge is 0.384 e. The first-order valence-electron chi connectivity index (χ1n) is 4.82. The number of hydrogen-bond acceptors (Lipinski definition) is 4. The van der Waals surface area contributed by atoms with E-state index in [4.69, 9.17) is 22.7 Å². The molecule has 0 aliphatic carbocycles. The molecule has 3 N–H and O–H groups in total. The summed E-state index contributed by atoms with van der Waals surface area (Å²) in [7, 11) is 0. The Balaban J connectivity index is 2.55. The monoisotopic (exact) mass is 265 g/mol. The maximum atomic E-state index is 10.6. The van der Waals surface area contributed by atoms with Gasteiger partial charge in [0.2, 0.25) is 0 Å². The Morgan fingerprint density at radius 2 is 2.28 bits per heavy atom. The van der Waals surface area contributed by atoms with Crippen LogP contribution in [0.2, 0.25) is 5.02 Å². The highest BCUT2D eigenvalue weighted by molar-refractivity contribution is 6.31. The van der Waals surface area contributed by atoms with Crippen LogP contribution >= 0.6 is 11.6 Å². The summed E-state index contributed by atoms with van der Waals surface area (Å²) in [6.07, 6.45) is 2.37. The molecule has 0 saturated heterocycles. The maximum Gasteiger partial charge on any atom is 0.307 e. The molecule has 0 saturated carbocycles. The molecule has 7 nitrogen and oxygen atoms in total. The minimum absolute atomic E-state index is 0.139. The van der Waals surface area contributed by atoms with E-state index in [2.05, 4.69) is 5.10 Å². The lowest BCUT2D eigenvalue weighted by atomic mass is 10.1. The predicted molar refractivity (Wildman–Crippen MR) is 66.2 cm³/mol. The number of benzene rings is 1. The van der Waals surface area contributed by atoms with Crippen molar-refractivity contribution >= 4 is 23.1 Å². The zero-order valence-corrected chi connectivity index (χ0v) is 9.76. The molecule has 0 aliphatic rings. The summed E-state index contributed by atoms with van der Waals surface area (Å²) in [5, 5.41) is 22.3. The number of hydrogen-bond donors (Lipinski definition) is 2. The highest BCUT2D eigenvalue weighted by Crippen LogP contribution is 2.20. The lowest BCUT2D eigenvalue weighted by Gasteiger charge is -2.07. The van der Waals surface area contributed by atoms with Gasteiger partial charge in [0.15, 0.2) is 0 Å². The van der Waals surface area contributed by atoms with Crippen LogP contribution in [0.3, 0.4) is 0 Å². The van der Waals surface area contributed by atoms with Crippen molar-refractivity contribution in [2.75, 3.05) is 0 Å². The van der Waals surface area contributed by atoms with Gasteiger partial charge in [-0.2, -0.15) is 5.10 Å². The van der Waals surface area contributed by atoms with E-state index >= 15 is 0 Å². The molecular formula is C10H8ClN5O2. The zero-order chi connectivity index (χ0) is 13.3. The molecule has 1 heterocycles. The van der Waals surface area contributed by atoms with Crippen LogP contribution in [0.25, 0.3) is 5.69 Å². The van der Waals surface area contributed by atoms with Crippen LogP contribution in [0, 0.1) is 15.5 Å². The molecule has 18 heavy (non-hydrogen) atoms. The molecule has 0 atom stereocenters. The normalized spacial score (nSPS) is 10.3. The molecule has 1 aromatic carbocycles. The molecule has 1 aromatic heterocycles. The Bertz CT molecular complexity index is 637. The molecule has 2 aromatic rings. The average molecular weight is 266 g/mol. The van der Waals surface area contributed by atoms with Gasteiger partial charge in [-0.15, -0.1) is 0 Å². The Morgan fingerprint density at radius 3 is 2.83 bits per heavy atom. The molecule has 0 aliphatic heterocycles. The molecule has 0 bridgehead atoms. The summed E-state index contributed by atoms with van der Waals surface area (Å²) in [6.45, 7) is 0. The van der Waals surface area contributed by atoms with E-state index in [0.717, 1.165) is 6.20 Å². The molecule has 0 fully saturated rings. The standard InChI is InChI=1S/C10H8ClN5O2/c11-6-1-2-9(8(3-6)10(12)13)15-5-7(4-14-15)16(17)18/h1-5H,(H3,12,13). The van der Waals surface area contributed by atoms with E-state index in [1.165, 1.54) is 16.9 Å². The zero-order valence-electron chi connectivity index (χ0n) is 9.00. The number of nitrogens with two attached hydrogens (primary N) is 1. The van der Waals surface area contributed by atoms with Crippen LogP contribution in [0.4, 0.5) is 5.69 Å². The summed E-state index contributed by atoms with van der Waals surface area (Å²) in [6, 6.07) is 4.69. The summed E-state index contributed by atoms with van der Waals surface area (Å²) in [5.41, 5.74) is 6.12. The molecule has 0 amide bonds. The number of nitrogen functional groups attached to an aromatic ring is 1. The van der Waals surface area contributed by atoms with Gasteiger partial charge in [0.05, 0.1) is 10.6 Å². The van der Waals surface area contributed by atoms with Gasteiger partial charge in [0, 0.05) is 10.6 Å². The third-order valence-electron chi connectivity index (χ3n) is 2.28. The second-order valence-electron chi connectivity index (χ2n) is 3.48. The second kappa shape index (κ2) is 4.46. The summed E-state index contributed by atoms with van der Waals surface area (Å²) in [4.78, 5) is 10.0. The maximum absolute atomic E-state index is 10.6. The first kappa shape index (κ1) is 12.1.